The minimum Gasteiger partial charge on any atom is -0.197 e. The van der Waals surface area contributed by atoms with E-state index >= 15 is 0 Å². The second-order valence-electron chi connectivity index (χ2n) is 7.60. The molecule has 0 aliphatic heterocycles. The Bertz CT molecular complexity index is 572. The maximum absolute atomic E-state index is 9.23. The highest BCUT2D eigenvalue weighted by Crippen LogP contribution is 2.30. The molecule has 0 saturated heterocycles. The molecule has 0 radical (unpaired) electrons. The maximum Gasteiger partial charge on any atom is 0.102 e. The van der Waals surface area contributed by atoms with E-state index in [1.165, 1.54) is 81.5 Å². The fourth-order valence-electron chi connectivity index (χ4n) is 3.05. The zero-order valence-electron chi connectivity index (χ0n) is 16.9. The molecule has 1 aromatic carbocycles. The van der Waals surface area contributed by atoms with Crippen molar-refractivity contribution in [1.82, 2.24) is 0 Å². The van der Waals surface area contributed by atoms with Crippen LogP contribution in [0, 0.1) is 11.3 Å². The summed E-state index contributed by atoms with van der Waals surface area (Å²) in [4.78, 5) is 0. The van der Waals surface area contributed by atoms with Gasteiger partial charge in [-0.3, -0.25) is 0 Å². The number of benzene rings is 1. The van der Waals surface area contributed by atoms with Crippen LogP contribution in [0.5, 0.6) is 0 Å². The first-order valence-corrected chi connectivity index (χ1v) is 11.4. The minimum absolute atomic E-state index is 0.471. The topological polar surface area (TPSA) is 23.8 Å². The van der Waals surface area contributed by atoms with Gasteiger partial charge < -0.3 is 0 Å². The van der Waals surface area contributed by atoms with Crippen molar-refractivity contribution in [2.75, 3.05) is 0 Å². The summed E-state index contributed by atoms with van der Waals surface area (Å²) in [7, 11) is 0. The standard InChI is InChI=1S/C23H35NS2/c1-4-5-6-7-8-9-10-11-12-13-16-20-17-14-15-18-21(20)22(25)26-23(2,3)19-24/h14-15,17-18H,4-13,16H2,1-3H3. The van der Waals surface area contributed by atoms with Crippen LogP contribution in [-0.2, 0) is 6.42 Å². The Morgan fingerprint density at radius 1 is 0.962 bits per heavy atom. The van der Waals surface area contributed by atoms with Crippen LogP contribution < -0.4 is 0 Å². The molecule has 1 aromatic rings. The molecule has 0 amide bonds. The van der Waals surface area contributed by atoms with E-state index in [9.17, 15) is 5.26 Å². The molecule has 0 bridgehead atoms. The molecular weight excluding hydrogens is 354 g/mol. The lowest BCUT2D eigenvalue weighted by molar-refractivity contribution is 0.556. The third-order valence-electron chi connectivity index (χ3n) is 4.65. The van der Waals surface area contributed by atoms with Crippen molar-refractivity contribution in [3.05, 3.63) is 35.4 Å². The Morgan fingerprint density at radius 3 is 2.08 bits per heavy atom. The van der Waals surface area contributed by atoms with Gasteiger partial charge in [0.1, 0.15) is 4.75 Å². The van der Waals surface area contributed by atoms with E-state index in [2.05, 4.69) is 31.2 Å². The average Bonchev–Trinajstić information content (AvgIpc) is 2.63. The highest BCUT2D eigenvalue weighted by Gasteiger charge is 2.21. The number of aryl methyl sites for hydroxylation is 1. The lowest BCUT2D eigenvalue weighted by Gasteiger charge is -2.17. The molecule has 0 atom stereocenters. The Hall–Kier alpha value is -0.850. The SMILES string of the molecule is CCCCCCCCCCCCc1ccccc1C(=S)SC(C)(C)C#N. The first-order chi connectivity index (χ1) is 12.5. The van der Waals surface area contributed by atoms with Gasteiger partial charge in [0.2, 0.25) is 0 Å². The van der Waals surface area contributed by atoms with Crippen LogP contribution in [0.4, 0.5) is 0 Å². The molecule has 3 heteroatoms. The van der Waals surface area contributed by atoms with Gasteiger partial charge in [-0.25, -0.2) is 0 Å². The predicted molar refractivity (Wildman–Crippen MR) is 121 cm³/mol. The number of nitrogens with zero attached hydrogens (tertiary/aromatic N) is 1. The van der Waals surface area contributed by atoms with E-state index in [1.807, 2.05) is 19.9 Å². The van der Waals surface area contributed by atoms with Gasteiger partial charge in [-0.15, -0.1) is 0 Å². The summed E-state index contributed by atoms with van der Waals surface area (Å²) in [5, 5.41) is 9.23. The molecule has 0 heterocycles. The van der Waals surface area contributed by atoms with Crippen molar-refractivity contribution in [3.63, 3.8) is 0 Å². The molecule has 0 N–H and O–H groups in total. The first kappa shape index (κ1) is 23.2. The zero-order chi connectivity index (χ0) is 19.3. The van der Waals surface area contributed by atoms with Crippen LogP contribution in [0.15, 0.2) is 24.3 Å². The van der Waals surface area contributed by atoms with Crippen molar-refractivity contribution in [2.45, 2.75) is 96.1 Å². The number of rotatable bonds is 13. The summed E-state index contributed by atoms with van der Waals surface area (Å²) in [6.07, 6.45) is 14.7. The van der Waals surface area contributed by atoms with E-state index < -0.39 is 4.75 Å². The normalized spacial score (nSPS) is 11.3. The van der Waals surface area contributed by atoms with E-state index in [0.29, 0.717) is 0 Å². The van der Waals surface area contributed by atoms with Crippen molar-refractivity contribution >= 4 is 28.2 Å². The Morgan fingerprint density at radius 2 is 1.50 bits per heavy atom. The Labute approximate surface area is 171 Å². The lowest BCUT2D eigenvalue weighted by Crippen LogP contribution is -2.14. The highest BCUT2D eigenvalue weighted by atomic mass is 32.2. The third kappa shape index (κ3) is 9.74. The molecule has 26 heavy (non-hydrogen) atoms. The van der Waals surface area contributed by atoms with Gasteiger partial charge >= 0.3 is 0 Å². The highest BCUT2D eigenvalue weighted by molar-refractivity contribution is 8.24. The molecule has 144 valence electrons. The van der Waals surface area contributed by atoms with Gasteiger partial charge in [0.15, 0.2) is 0 Å². The number of hydrogen-bond acceptors (Lipinski definition) is 3. The fourth-order valence-corrected chi connectivity index (χ4v) is 4.69. The van der Waals surface area contributed by atoms with E-state index in [0.717, 1.165) is 16.2 Å². The van der Waals surface area contributed by atoms with E-state index in [-0.39, 0.29) is 0 Å². The molecule has 0 unspecified atom stereocenters. The quantitative estimate of drug-likeness (QED) is 0.253. The molecule has 0 aromatic heterocycles. The zero-order valence-corrected chi connectivity index (χ0v) is 18.5. The van der Waals surface area contributed by atoms with Crippen LogP contribution in [0.1, 0.15) is 96.1 Å². The van der Waals surface area contributed by atoms with Crippen LogP contribution in [0.25, 0.3) is 0 Å². The van der Waals surface area contributed by atoms with Crippen molar-refractivity contribution in [3.8, 4) is 6.07 Å². The molecular formula is C23H35NS2. The number of thioether (sulfide) groups is 1. The summed E-state index contributed by atoms with van der Waals surface area (Å²) in [5.41, 5.74) is 2.48. The molecule has 0 aliphatic carbocycles. The molecule has 1 nitrogen and oxygen atoms in total. The maximum atomic E-state index is 9.23. The summed E-state index contributed by atoms with van der Waals surface area (Å²) in [5.74, 6) is 0. The van der Waals surface area contributed by atoms with Crippen molar-refractivity contribution in [2.24, 2.45) is 0 Å². The van der Waals surface area contributed by atoms with Crippen LogP contribution in [0.3, 0.4) is 0 Å². The first-order valence-electron chi connectivity index (χ1n) is 10.2. The summed E-state index contributed by atoms with van der Waals surface area (Å²) >= 11 is 7.11. The number of unbranched alkanes of at least 4 members (excludes halogenated alkanes) is 9. The largest absolute Gasteiger partial charge is 0.197 e. The summed E-state index contributed by atoms with van der Waals surface area (Å²) in [6.45, 7) is 6.12. The molecule has 0 fully saturated rings. The third-order valence-corrected chi connectivity index (χ3v) is 6.13. The Kier molecular flexibility index (Phi) is 11.9. The summed E-state index contributed by atoms with van der Waals surface area (Å²) < 4.78 is 0.376. The monoisotopic (exact) mass is 389 g/mol. The van der Waals surface area contributed by atoms with E-state index in [1.54, 1.807) is 0 Å². The van der Waals surface area contributed by atoms with Gasteiger partial charge in [-0.1, -0.05) is 113 Å². The number of hydrogen-bond donors (Lipinski definition) is 0. The van der Waals surface area contributed by atoms with Gasteiger partial charge in [0.05, 0.1) is 10.3 Å². The summed E-state index contributed by atoms with van der Waals surface area (Å²) in [6, 6.07) is 10.8. The van der Waals surface area contributed by atoms with Crippen LogP contribution in [0.2, 0.25) is 0 Å². The average molecular weight is 390 g/mol. The minimum atomic E-state index is -0.471. The van der Waals surface area contributed by atoms with Gasteiger partial charge in [0.25, 0.3) is 0 Å². The Balaban J connectivity index is 2.31. The van der Waals surface area contributed by atoms with Crippen molar-refractivity contribution < 1.29 is 0 Å². The van der Waals surface area contributed by atoms with Crippen LogP contribution >= 0.6 is 24.0 Å². The number of thiocarbonyl (C=S) groups is 1. The lowest BCUT2D eigenvalue weighted by atomic mass is 10.0. The molecule has 0 saturated carbocycles. The second-order valence-corrected chi connectivity index (χ2v) is 9.90. The molecule has 1 rings (SSSR count). The van der Waals surface area contributed by atoms with Crippen LogP contribution in [-0.4, -0.2) is 8.94 Å². The predicted octanol–water partition coefficient (Wildman–Crippen LogP) is 7.86. The molecule has 0 aliphatic rings. The molecule has 0 spiro atoms. The number of nitriles is 1. The van der Waals surface area contributed by atoms with Gasteiger partial charge in [-0.2, -0.15) is 5.26 Å². The second kappa shape index (κ2) is 13.3. The fraction of sp³-hybridized carbons (Fsp3) is 0.652. The smallest absolute Gasteiger partial charge is 0.102 e. The van der Waals surface area contributed by atoms with Crippen molar-refractivity contribution in [1.29, 1.82) is 5.26 Å². The van der Waals surface area contributed by atoms with Gasteiger partial charge in [-0.05, 0) is 32.3 Å². The van der Waals surface area contributed by atoms with Gasteiger partial charge in [0, 0.05) is 5.56 Å². The van der Waals surface area contributed by atoms with E-state index in [4.69, 9.17) is 12.2 Å².